The van der Waals surface area contributed by atoms with E-state index in [2.05, 4.69) is 4.99 Å². The number of aliphatic hydroxyl groups excluding tert-OH is 1. The molecule has 60 valence electrons. The first-order chi connectivity index (χ1) is 5.04. The largest absolute Gasteiger partial charge is 0.495 e. The summed E-state index contributed by atoms with van der Waals surface area (Å²) in [6, 6.07) is 0. The van der Waals surface area contributed by atoms with Crippen LogP contribution in [-0.2, 0) is 4.79 Å². The van der Waals surface area contributed by atoms with Gasteiger partial charge < -0.3 is 21.3 Å². The Morgan fingerprint density at radius 2 is 2.45 bits per heavy atom. The lowest BCUT2D eigenvalue weighted by Gasteiger charge is -2.23. The van der Waals surface area contributed by atoms with Gasteiger partial charge in [0.15, 0.2) is 5.88 Å². The van der Waals surface area contributed by atoms with Gasteiger partial charge >= 0.3 is 5.85 Å². The van der Waals surface area contributed by atoms with E-state index in [9.17, 15) is 4.79 Å². The summed E-state index contributed by atoms with van der Waals surface area (Å²) >= 11 is 0. The molecule has 0 aromatic carbocycles. The second kappa shape index (κ2) is 2.24. The SMILES string of the molecule is NC(=O)C1(O)N=CC=C(O)N1. The highest BCUT2D eigenvalue weighted by molar-refractivity contribution is 5.86. The molecule has 0 aromatic heterocycles. The van der Waals surface area contributed by atoms with Crippen molar-refractivity contribution < 1.29 is 15.0 Å². The number of carbonyl (C=O) groups excluding carboxylic acids is 1. The highest BCUT2D eigenvalue weighted by Crippen LogP contribution is 2.06. The highest BCUT2D eigenvalue weighted by Gasteiger charge is 2.34. The molecular weight excluding hydrogens is 150 g/mol. The van der Waals surface area contributed by atoms with Crippen molar-refractivity contribution in [2.75, 3.05) is 0 Å². The summed E-state index contributed by atoms with van der Waals surface area (Å²) in [5.41, 5.74) is 4.76. The van der Waals surface area contributed by atoms with Gasteiger partial charge in [-0.05, 0) is 0 Å². The lowest BCUT2D eigenvalue weighted by Crippen LogP contribution is -2.54. The van der Waals surface area contributed by atoms with Gasteiger partial charge in [0.05, 0.1) is 0 Å². The monoisotopic (exact) mass is 157 g/mol. The van der Waals surface area contributed by atoms with Crippen molar-refractivity contribution in [1.29, 1.82) is 0 Å². The van der Waals surface area contributed by atoms with Crippen LogP contribution in [0.2, 0.25) is 0 Å². The van der Waals surface area contributed by atoms with Crippen molar-refractivity contribution >= 4 is 12.1 Å². The van der Waals surface area contributed by atoms with Crippen molar-refractivity contribution in [2.45, 2.75) is 5.85 Å². The van der Waals surface area contributed by atoms with E-state index in [-0.39, 0.29) is 5.88 Å². The average Bonchev–Trinajstić information content (AvgIpc) is 1.86. The first kappa shape index (κ1) is 7.55. The molecule has 1 rings (SSSR count). The third-order valence-electron chi connectivity index (χ3n) is 1.14. The van der Waals surface area contributed by atoms with E-state index in [0.29, 0.717) is 0 Å². The zero-order valence-electron chi connectivity index (χ0n) is 5.48. The van der Waals surface area contributed by atoms with Gasteiger partial charge in [0.1, 0.15) is 0 Å². The summed E-state index contributed by atoms with van der Waals surface area (Å²) in [6.07, 6.45) is 2.26. The molecule has 0 saturated carbocycles. The predicted octanol–water partition coefficient (Wildman–Crippen LogP) is -1.81. The van der Waals surface area contributed by atoms with Crippen molar-refractivity contribution in [3.05, 3.63) is 12.0 Å². The van der Waals surface area contributed by atoms with Gasteiger partial charge in [-0.3, -0.25) is 4.79 Å². The molecule has 0 saturated heterocycles. The molecule has 1 unspecified atom stereocenters. The highest BCUT2D eigenvalue weighted by atomic mass is 16.4. The summed E-state index contributed by atoms with van der Waals surface area (Å²) in [4.78, 5) is 13.8. The van der Waals surface area contributed by atoms with Crippen LogP contribution in [0.3, 0.4) is 0 Å². The van der Waals surface area contributed by atoms with Crippen molar-refractivity contribution in [3.63, 3.8) is 0 Å². The van der Waals surface area contributed by atoms with Crippen LogP contribution in [0, 0.1) is 0 Å². The maximum atomic E-state index is 10.5. The normalized spacial score (nSPS) is 29.0. The van der Waals surface area contributed by atoms with E-state index in [4.69, 9.17) is 15.9 Å². The number of nitrogens with two attached hydrogens (primary N) is 1. The number of primary amides is 1. The first-order valence-electron chi connectivity index (χ1n) is 2.79. The lowest BCUT2D eigenvalue weighted by atomic mass is 10.3. The summed E-state index contributed by atoms with van der Waals surface area (Å²) < 4.78 is 0. The smallest absolute Gasteiger partial charge is 0.319 e. The summed E-state index contributed by atoms with van der Waals surface area (Å²) in [5.74, 6) is -3.64. The molecule has 11 heavy (non-hydrogen) atoms. The Balaban J connectivity index is 2.86. The minimum Gasteiger partial charge on any atom is -0.495 e. The summed E-state index contributed by atoms with van der Waals surface area (Å²) in [5, 5.41) is 19.9. The van der Waals surface area contributed by atoms with Gasteiger partial charge in [-0.15, -0.1) is 0 Å². The average molecular weight is 157 g/mol. The van der Waals surface area contributed by atoms with Crippen LogP contribution in [0.1, 0.15) is 0 Å². The molecular formula is C5H7N3O3. The number of rotatable bonds is 1. The Bertz CT molecular complexity index is 247. The second-order valence-corrected chi connectivity index (χ2v) is 1.99. The molecule has 0 bridgehead atoms. The van der Waals surface area contributed by atoms with E-state index in [0.717, 1.165) is 6.21 Å². The fourth-order valence-electron chi connectivity index (χ4n) is 0.593. The maximum Gasteiger partial charge on any atom is 0.319 e. The molecule has 1 heterocycles. The molecule has 1 amide bonds. The number of allylic oxidation sites excluding steroid dienone is 1. The zero-order chi connectivity index (χ0) is 8.48. The third kappa shape index (κ3) is 1.30. The van der Waals surface area contributed by atoms with E-state index >= 15 is 0 Å². The standard InChI is InChI=1S/C5H7N3O3/c6-4(10)5(11)7-2-1-3(9)8-5/h1-2,8-9,11H,(H2,6,10). The molecule has 5 N–H and O–H groups in total. The Morgan fingerprint density at radius 3 is 2.82 bits per heavy atom. The minimum atomic E-state index is -2.21. The van der Waals surface area contributed by atoms with Gasteiger partial charge in [-0.1, -0.05) is 0 Å². The van der Waals surface area contributed by atoms with Crippen LogP contribution in [-0.4, -0.2) is 28.2 Å². The zero-order valence-corrected chi connectivity index (χ0v) is 5.48. The van der Waals surface area contributed by atoms with Gasteiger partial charge in [0, 0.05) is 12.3 Å². The second-order valence-electron chi connectivity index (χ2n) is 1.99. The first-order valence-corrected chi connectivity index (χ1v) is 2.79. The molecule has 0 aliphatic carbocycles. The Hall–Kier alpha value is -1.56. The fourth-order valence-corrected chi connectivity index (χ4v) is 0.593. The minimum absolute atomic E-state index is 0.360. The number of amides is 1. The fraction of sp³-hybridized carbons (Fsp3) is 0.200. The molecule has 0 radical (unpaired) electrons. The molecule has 6 heteroatoms. The van der Waals surface area contributed by atoms with Gasteiger partial charge in [0.25, 0.3) is 5.91 Å². The molecule has 0 aromatic rings. The quantitative estimate of drug-likeness (QED) is 0.359. The Kier molecular flexibility index (Phi) is 1.54. The topological polar surface area (TPSA) is 108 Å². The summed E-state index contributed by atoms with van der Waals surface area (Å²) in [7, 11) is 0. The van der Waals surface area contributed by atoms with Crippen LogP contribution < -0.4 is 11.1 Å². The van der Waals surface area contributed by atoms with E-state index in [1.165, 1.54) is 6.08 Å². The molecule has 1 aliphatic rings. The summed E-state index contributed by atoms with van der Waals surface area (Å²) in [6.45, 7) is 0. The molecule has 0 fully saturated rings. The number of carbonyl (C=O) groups is 1. The van der Waals surface area contributed by atoms with Crippen LogP contribution in [0.4, 0.5) is 0 Å². The number of hydrogen-bond acceptors (Lipinski definition) is 5. The van der Waals surface area contributed by atoms with Gasteiger partial charge in [0.2, 0.25) is 0 Å². The third-order valence-corrected chi connectivity index (χ3v) is 1.14. The molecule has 1 atom stereocenters. The molecule has 6 nitrogen and oxygen atoms in total. The van der Waals surface area contributed by atoms with Crippen molar-refractivity contribution in [2.24, 2.45) is 10.7 Å². The number of aliphatic hydroxyl groups is 2. The van der Waals surface area contributed by atoms with Crippen LogP contribution >= 0.6 is 0 Å². The van der Waals surface area contributed by atoms with Crippen molar-refractivity contribution in [1.82, 2.24) is 5.32 Å². The van der Waals surface area contributed by atoms with Crippen LogP contribution in [0.15, 0.2) is 17.0 Å². The van der Waals surface area contributed by atoms with Crippen LogP contribution in [0.5, 0.6) is 0 Å². The predicted molar refractivity (Wildman–Crippen MR) is 36.5 cm³/mol. The number of nitrogens with one attached hydrogen (secondary N) is 1. The van der Waals surface area contributed by atoms with E-state index < -0.39 is 11.8 Å². The number of hydrogen-bond donors (Lipinski definition) is 4. The maximum absolute atomic E-state index is 10.5. The molecule has 1 aliphatic heterocycles. The van der Waals surface area contributed by atoms with Crippen molar-refractivity contribution in [3.8, 4) is 0 Å². The van der Waals surface area contributed by atoms with Gasteiger partial charge in [-0.2, -0.15) is 0 Å². The number of nitrogens with zero attached hydrogens (tertiary/aromatic N) is 1. The number of aliphatic imine (C=N–C) groups is 1. The Morgan fingerprint density at radius 1 is 1.82 bits per heavy atom. The van der Waals surface area contributed by atoms with Crippen LogP contribution in [0.25, 0.3) is 0 Å². The van der Waals surface area contributed by atoms with E-state index in [1.807, 2.05) is 5.32 Å². The van der Waals surface area contributed by atoms with E-state index in [1.54, 1.807) is 0 Å². The van der Waals surface area contributed by atoms with Gasteiger partial charge in [-0.25, -0.2) is 4.99 Å². The molecule has 0 spiro atoms. The Labute approximate surface area is 62.0 Å². The lowest BCUT2D eigenvalue weighted by molar-refractivity contribution is -0.138.